The first-order valence-corrected chi connectivity index (χ1v) is 11.6. The summed E-state index contributed by atoms with van der Waals surface area (Å²) in [6.45, 7) is 5.17. The van der Waals surface area contributed by atoms with Gasteiger partial charge >= 0.3 is 0 Å². The van der Waals surface area contributed by atoms with Crippen LogP contribution in [0, 0.1) is 0 Å². The SMILES string of the molecule is C1=CSC2=C3C=CC=C4CC=C(COCCN5CCCC5)SC4=C3CC2=C1.Cl. The molecular weight excluding hydrogens is 406 g/mol. The van der Waals surface area contributed by atoms with E-state index in [9.17, 15) is 0 Å². The van der Waals surface area contributed by atoms with E-state index in [-0.39, 0.29) is 12.4 Å². The fourth-order valence-electron chi connectivity index (χ4n) is 4.27. The minimum Gasteiger partial charge on any atom is -0.375 e. The quantitative estimate of drug-likeness (QED) is 0.484. The van der Waals surface area contributed by atoms with E-state index in [1.54, 1.807) is 0 Å². The predicted molar refractivity (Wildman–Crippen MR) is 125 cm³/mol. The highest BCUT2D eigenvalue weighted by atomic mass is 35.5. The number of ether oxygens (including phenoxy) is 1. The number of hydrogen-bond acceptors (Lipinski definition) is 4. The molecule has 3 aliphatic heterocycles. The minimum atomic E-state index is 0. The summed E-state index contributed by atoms with van der Waals surface area (Å²) in [6, 6.07) is 0. The van der Waals surface area contributed by atoms with Gasteiger partial charge in [-0.05, 0) is 60.1 Å². The molecule has 0 saturated carbocycles. The molecule has 0 atom stereocenters. The van der Waals surface area contributed by atoms with Gasteiger partial charge in [-0.1, -0.05) is 60.0 Å². The van der Waals surface area contributed by atoms with Crippen LogP contribution in [0.15, 0.2) is 78.9 Å². The number of halogens is 1. The number of likely N-dealkylation sites (tertiary alicyclic amines) is 1. The van der Waals surface area contributed by atoms with E-state index in [2.05, 4.69) is 46.8 Å². The van der Waals surface area contributed by atoms with Gasteiger partial charge in [-0.3, -0.25) is 0 Å². The average molecular weight is 432 g/mol. The van der Waals surface area contributed by atoms with Crippen molar-refractivity contribution in [3.8, 4) is 0 Å². The van der Waals surface area contributed by atoms with Gasteiger partial charge in [0.2, 0.25) is 0 Å². The third-order valence-electron chi connectivity index (χ3n) is 5.69. The third kappa shape index (κ3) is 4.17. The van der Waals surface area contributed by atoms with Crippen molar-refractivity contribution in [2.45, 2.75) is 25.7 Å². The Bertz CT molecular complexity index is 854. The Kier molecular flexibility index (Phi) is 6.74. The zero-order chi connectivity index (χ0) is 18.1. The molecule has 1 fully saturated rings. The van der Waals surface area contributed by atoms with Gasteiger partial charge in [-0.15, -0.1) is 12.4 Å². The van der Waals surface area contributed by atoms with Crippen molar-refractivity contribution in [3.63, 3.8) is 0 Å². The Labute approximate surface area is 182 Å². The second kappa shape index (κ2) is 9.27. The zero-order valence-corrected chi connectivity index (χ0v) is 18.4. The normalized spacial score (nSPS) is 23.5. The Morgan fingerprint density at radius 2 is 1.89 bits per heavy atom. The summed E-state index contributed by atoms with van der Waals surface area (Å²) >= 11 is 3.80. The van der Waals surface area contributed by atoms with Crippen LogP contribution in [0.2, 0.25) is 0 Å². The van der Waals surface area contributed by atoms with Gasteiger partial charge < -0.3 is 9.64 Å². The molecular formula is C23H26ClNOS2. The number of thioether (sulfide) groups is 2. The van der Waals surface area contributed by atoms with E-state index >= 15 is 0 Å². The summed E-state index contributed by atoms with van der Waals surface area (Å²) in [4.78, 5) is 6.81. The molecule has 0 radical (unpaired) electrons. The van der Waals surface area contributed by atoms with Gasteiger partial charge in [0.15, 0.2) is 0 Å². The van der Waals surface area contributed by atoms with Crippen LogP contribution < -0.4 is 0 Å². The van der Waals surface area contributed by atoms with E-state index in [4.69, 9.17) is 4.74 Å². The molecule has 1 saturated heterocycles. The van der Waals surface area contributed by atoms with Crippen LogP contribution >= 0.6 is 35.9 Å². The van der Waals surface area contributed by atoms with Crippen LogP contribution in [0.1, 0.15) is 25.7 Å². The summed E-state index contributed by atoms with van der Waals surface area (Å²) in [5, 5.41) is 2.19. The first-order chi connectivity index (χ1) is 13.4. The number of fused-ring (bicyclic) bond motifs is 3. The van der Waals surface area contributed by atoms with Crippen molar-refractivity contribution in [2.75, 3.05) is 32.8 Å². The molecule has 3 heterocycles. The molecule has 0 N–H and O–H groups in total. The molecule has 0 unspecified atom stereocenters. The molecule has 5 aliphatic rings. The maximum atomic E-state index is 6.03. The number of hydrogen-bond donors (Lipinski definition) is 0. The van der Waals surface area contributed by atoms with E-state index in [1.807, 2.05) is 23.5 Å². The topological polar surface area (TPSA) is 12.5 Å². The lowest BCUT2D eigenvalue weighted by molar-refractivity contribution is 0.132. The molecule has 2 nitrogen and oxygen atoms in total. The highest BCUT2D eigenvalue weighted by Gasteiger charge is 2.30. The van der Waals surface area contributed by atoms with Crippen molar-refractivity contribution in [2.24, 2.45) is 0 Å². The molecule has 0 aromatic heterocycles. The fraction of sp³-hybridized carbons (Fsp3) is 0.391. The number of rotatable bonds is 5. The molecule has 0 aromatic carbocycles. The van der Waals surface area contributed by atoms with Gasteiger partial charge in [0.1, 0.15) is 0 Å². The molecule has 0 spiro atoms. The molecule has 148 valence electrons. The van der Waals surface area contributed by atoms with Gasteiger partial charge in [0, 0.05) is 27.7 Å². The summed E-state index contributed by atoms with van der Waals surface area (Å²) in [5.41, 5.74) is 5.88. The first kappa shape index (κ1) is 20.4. The van der Waals surface area contributed by atoms with E-state index in [0.29, 0.717) is 0 Å². The maximum absolute atomic E-state index is 6.03. The van der Waals surface area contributed by atoms with Crippen LogP contribution in [0.3, 0.4) is 0 Å². The molecule has 0 bridgehead atoms. The second-order valence-corrected chi connectivity index (χ2v) is 9.55. The number of nitrogens with zero attached hydrogens (tertiary/aromatic N) is 1. The first-order valence-electron chi connectivity index (χ1n) is 9.93. The van der Waals surface area contributed by atoms with Crippen LogP contribution in [0.25, 0.3) is 0 Å². The van der Waals surface area contributed by atoms with E-state index in [0.717, 1.165) is 32.6 Å². The standard InChI is InChI=1S/C23H25NOS2.ClH/c1-2-11-24(10-1)12-13-25-16-19-9-8-17-5-3-7-20-21(23(17)27-19)15-18-6-4-14-26-22(18)20;/h3-7,9,14H,1-2,8,10-13,15-16H2;1H. The largest absolute Gasteiger partial charge is 0.375 e. The summed E-state index contributed by atoms with van der Waals surface area (Å²) in [5.74, 6) is 0. The molecule has 5 rings (SSSR count). The third-order valence-corrected chi connectivity index (χ3v) is 7.96. The van der Waals surface area contributed by atoms with Crippen LogP contribution in [-0.4, -0.2) is 37.7 Å². The van der Waals surface area contributed by atoms with E-state index < -0.39 is 0 Å². The van der Waals surface area contributed by atoms with Crippen molar-refractivity contribution in [1.29, 1.82) is 0 Å². The molecule has 0 amide bonds. The van der Waals surface area contributed by atoms with Gasteiger partial charge in [-0.25, -0.2) is 0 Å². The van der Waals surface area contributed by atoms with Crippen LogP contribution in [0.5, 0.6) is 0 Å². The van der Waals surface area contributed by atoms with Gasteiger partial charge in [0.05, 0.1) is 13.2 Å². The van der Waals surface area contributed by atoms with Crippen LogP contribution in [0.4, 0.5) is 0 Å². The Morgan fingerprint density at radius 3 is 2.79 bits per heavy atom. The van der Waals surface area contributed by atoms with Crippen molar-refractivity contribution >= 4 is 35.9 Å². The summed E-state index contributed by atoms with van der Waals surface area (Å²) < 4.78 is 6.03. The predicted octanol–water partition coefficient (Wildman–Crippen LogP) is 6.14. The maximum Gasteiger partial charge on any atom is 0.0776 e. The average Bonchev–Trinajstić information content (AvgIpc) is 3.30. The molecule has 5 heteroatoms. The summed E-state index contributed by atoms with van der Waals surface area (Å²) in [7, 11) is 0. The fourth-order valence-corrected chi connectivity index (χ4v) is 6.33. The molecule has 28 heavy (non-hydrogen) atoms. The molecule has 2 aliphatic carbocycles. The second-order valence-electron chi connectivity index (χ2n) is 7.49. The smallest absolute Gasteiger partial charge is 0.0776 e. The van der Waals surface area contributed by atoms with Crippen molar-refractivity contribution < 1.29 is 4.74 Å². The van der Waals surface area contributed by atoms with Crippen LogP contribution in [-0.2, 0) is 4.74 Å². The Morgan fingerprint density at radius 1 is 1.04 bits per heavy atom. The minimum absolute atomic E-state index is 0. The van der Waals surface area contributed by atoms with Crippen molar-refractivity contribution in [3.05, 3.63) is 78.9 Å². The van der Waals surface area contributed by atoms with E-state index in [1.165, 1.54) is 62.9 Å². The van der Waals surface area contributed by atoms with Crippen molar-refractivity contribution in [1.82, 2.24) is 4.90 Å². The monoisotopic (exact) mass is 431 g/mol. The lowest BCUT2D eigenvalue weighted by atomic mass is 10.0. The highest BCUT2D eigenvalue weighted by Crippen LogP contribution is 2.52. The van der Waals surface area contributed by atoms with Gasteiger partial charge in [0.25, 0.3) is 0 Å². The molecule has 0 aromatic rings. The van der Waals surface area contributed by atoms with Gasteiger partial charge in [-0.2, -0.15) is 0 Å². The lowest BCUT2D eigenvalue weighted by Crippen LogP contribution is -2.24. The Balaban J connectivity index is 0.00000192. The Hall–Kier alpha value is -0.910. The summed E-state index contributed by atoms with van der Waals surface area (Å²) in [6.07, 6.45) is 18.4. The number of allylic oxidation sites excluding steroid dienone is 10. The highest BCUT2D eigenvalue weighted by molar-refractivity contribution is 8.07. The zero-order valence-electron chi connectivity index (χ0n) is 16.0. The lowest BCUT2D eigenvalue weighted by Gasteiger charge is -2.21.